The average Bonchev–Trinajstić information content (AvgIpc) is 2.86. The monoisotopic (exact) mass is 514 g/mol. The summed E-state index contributed by atoms with van der Waals surface area (Å²) in [6.07, 6.45) is 1.19. The van der Waals surface area contributed by atoms with Gasteiger partial charge in [-0.25, -0.2) is 0 Å². The van der Waals surface area contributed by atoms with Crippen LogP contribution in [0.25, 0.3) is 0 Å². The third-order valence-electron chi connectivity index (χ3n) is 5.32. The normalized spacial score (nSPS) is 11.6. The molecule has 1 atom stereocenters. The van der Waals surface area contributed by atoms with Gasteiger partial charge < -0.3 is 10.2 Å². The maximum atomic E-state index is 13.6. The largest absolute Gasteiger partial charge is 0.354 e. The first-order valence-electron chi connectivity index (χ1n) is 11.2. The van der Waals surface area contributed by atoms with Crippen LogP contribution in [0.15, 0.2) is 83.8 Å². The summed E-state index contributed by atoms with van der Waals surface area (Å²) < 4.78 is 0. The molecule has 7 heteroatoms. The van der Waals surface area contributed by atoms with Gasteiger partial charge in [0.25, 0.3) is 0 Å². The van der Waals surface area contributed by atoms with Crippen molar-refractivity contribution in [3.05, 3.63) is 100 Å². The molecule has 0 unspecified atom stereocenters. The number of benzene rings is 3. The quantitative estimate of drug-likeness (QED) is 0.307. The van der Waals surface area contributed by atoms with Crippen LogP contribution in [0.4, 0.5) is 0 Å². The van der Waals surface area contributed by atoms with Crippen LogP contribution >= 0.6 is 35.0 Å². The number of halogens is 2. The topological polar surface area (TPSA) is 49.4 Å². The molecular weight excluding hydrogens is 487 g/mol. The molecule has 0 aliphatic carbocycles. The van der Waals surface area contributed by atoms with Crippen molar-refractivity contribution in [1.82, 2.24) is 10.2 Å². The zero-order valence-electron chi connectivity index (χ0n) is 19.0. The standard InChI is InChI=1S/C27H28Cl2N2O2S/c1-2-16-30-27(33)25(17-20-10-5-3-6-11-20)31(18-22-23(28)14-9-15-24(22)29)26(32)19-34-21-12-7-4-8-13-21/h3-15,25H,2,16-19H2,1H3,(H,30,33)/t25-/m1/s1. The van der Waals surface area contributed by atoms with Crippen molar-refractivity contribution >= 4 is 46.8 Å². The minimum absolute atomic E-state index is 0.143. The number of nitrogens with one attached hydrogen (secondary N) is 1. The van der Waals surface area contributed by atoms with Crippen molar-refractivity contribution in [2.45, 2.75) is 37.2 Å². The molecule has 0 radical (unpaired) electrons. The van der Waals surface area contributed by atoms with E-state index < -0.39 is 6.04 Å². The zero-order chi connectivity index (χ0) is 24.3. The van der Waals surface area contributed by atoms with Crippen molar-refractivity contribution in [3.8, 4) is 0 Å². The van der Waals surface area contributed by atoms with Gasteiger partial charge in [0.15, 0.2) is 0 Å². The molecule has 3 aromatic carbocycles. The molecule has 34 heavy (non-hydrogen) atoms. The second-order valence-corrected chi connectivity index (χ2v) is 9.68. The molecule has 0 heterocycles. The van der Waals surface area contributed by atoms with E-state index in [9.17, 15) is 9.59 Å². The summed E-state index contributed by atoms with van der Waals surface area (Å²) in [4.78, 5) is 29.5. The van der Waals surface area contributed by atoms with Gasteiger partial charge in [-0.3, -0.25) is 9.59 Å². The van der Waals surface area contributed by atoms with Crippen LogP contribution in [0.1, 0.15) is 24.5 Å². The zero-order valence-corrected chi connectivity index (χ0v) is 21.4. The Morgan fingerprint density at radius 2 is 1.53 bits per heavy atom. The van der Waals surface area contributed by atoms with E-state index in [1.165, 1.54) is 11.8 Å². The summed E-state index contributed by atoms with van der Waals surface area (Å²) in [6, 6.07) is 24.0. The molecular formula is C27H28Cl2N2O2S. The number of rotatable bonds is 11. The van der Waals surface area contributed by atoms with Crippen LogP contribution in [0.2, 0.25) is 10.0 Å². The van der Waals surface area contributed by atoms with Gasteiger partial charge in [-0.1, -0.05) is 84.7 Å². The van der Waals surface area contributed by atoms with E-state index in [0.717, 1.165) is 16.9 Å². The van der Waals surface area contributed by atoms with Crippen LogP contribution in [-0.2, 0) is 22.6 Å². The molecule has 0 aliphatic rings. The third kappa shape index (κ3) is 7.52. The molecule has 0 fully saturated rings. The Labute approximate surface area is 215 Å². The highest BCUT2D eigenvalue weighted by Gasteiger charge is 2.31. The lowest BCUT2D eigenvalue weighted by Crippen LogP contribution is -2.51. The Morgan fingerprint density at radius 3 is 2.15 bits per heavy atom. The lowest BCUT2D eigenvalue weighted by molar-refractivity contribution is -0.139. The van der Waals surface area contributed by atoms with Gasteiger partial charge >= 0.3 is 0 Å². The lowest BCUT2D eigenvalue weighted by Gasteiger charge is -2.32. The first kappa shape index (κ1) is 26.1. The Hall–Kier alpha value is -2.47. The predicted molar refractivity (Wildman–Crippen MR) is 141 cm³/mol. The van der Waals surface area contributed by atoms with Crippen molar-refractivity contribution < 1.29 is 9.59 Å². The third-order valence-corrected chi connectivity index (χ3v) is 7.02. The molecule has 0 aromatic heterocycles. The van der Waals surface area contributed by atoms with Crippen LogP contribution in [0, 0.1) is 0 Å². The second kappa shape index (κ2) is 13.4. The molecule has 0 saturated heterocycles. The maximum Gasteiger partial charge on any atom is 0.243 e. The highest BCUT2D eigenvalue weighted by atomic mass is 35.5. The first-order valence-corrected chi connectivity index (χ1v) is 13.0. The second-order valence-electron chi connectivity index (χ2n) is 7.82. The number of carbonyl (C=O) groups is 2. The van der Waals surface area contributed by atoms with Crippen molar-refractivity contribution in [3.63, 3.8) is 0 Å². The predicted octanol–water partition coefficient (Wildman–Crippen LogP) is 6.25. The molecule has 4 nitrogen and oxygen atoms in total. The minimum Gasteiger partial charge on any atom is -0.354 e. The van der Waals surface area contributed by atoms with Crippen molar-refractivity contribution in [2.75, 3.05) is 12.3 Å². The number of carbonyl (C=O) groups excluding carboxylic acids is 2. The van der Waals surface area contributed by atoms with Crippen LogP contribution in [-0.4, -0.2) is 35.1 Å². The van der Waals surface area contributed by atoms with Gasteiger partial charge in [-0.2, -0.15) is 0 Å². The summed E-state index contributed by atoms with van der Waals surface area (Å²) in [5, 5.41) is 3.90. The van der Waals surface area contributed by atoms with Gasteiger partial charge in [-0.15, -0.1) is 11.8 Å². The molecule has 3 aromatic rings. The van der Waals surface area contributed by atoms with Gasteiger partial charge in [-0.05, 0) is 36.2 Å². The number of thioether (sulfide) groups is 1. The highest BCUT2D eigenvalue weighted by molar-refractivity contribution is 8.00. The fraction of sp³-hybridized carbons (Fsp3) is 0.259. The fourth-order valence-electron chi connectivity index (χ4n) is 3.52. The Bertz CT molecular complexity index is 1060. The summed E-state index contributed by atoms with van der Waals surface area (Å²) in [5.74, 6) is -0.150. The summed E-state index contributed by atoms with van der Waals surface area (Å²) in [5.41, 5.74) is 1.60. The molecule has 178 valence electrons. The molecule has 2 amide bonds. The van der Waals surface area contributed by atoms with Gasteiger partial charge in [0.05, 0.1) is 5.75 Å². The van der Waals surface area contributed by atoms with E-state index in [2.05, 4.69) is 5.32 Å². The average molecular weight is 516 g/mol. The number of hydrogen-bond acceptors (Lipinski definition) is 3. The van der Waals surface area contributed by atoms with E-state index in [4.69, 9.17) is 23.2 Å². The van der Waals surface area contributed by atoms with E-state index in [-0.39, 0.29) is 24.1 Å². The first-order chi connectivity index (χ1) is 16.5. The summed E-state index contributed by atoms with van der Waals surface area (Å²) in [7, 11) is 0. The molecule has 0 saturated carbocycles. The minimum atomic E-state index is -0.704. The van der Waals surface area contributed by atoms with Crippen molar-refractivity contribution in [2.24, 2.45) is 0 Å². The van der Waals surface area contributed by atoms with Crippen LogP contribution in [0.5, 0.6) is 0 Å². The fourth-order valence-corrected chi connectivity index (χ4v) is 4.84. The SMILES string of the molecule is CCCNC(=O)[C@@H](Cc1ccccc1)N(Cc1c(Cl)cccc1Cl)C(=O)CSc1ccccc1. The molecule has 0 aliphatic heterocycles. The Balaban J connectivity index is 1.93. The molecule has 0 spiro atoms. The number of hydrogen-bond donors (Lipinski definition) is 1. The molecule has 3 rings (SSSR count). The summed E-state index contributed by atoms with van der Waals surface area (Å²) in [6.45, 7) is 2.68. The van der Waals surface area contributed by atoms with Gasteiger partial charge in [0.1, 0.15) is 6.04 Å². The highest BCUT2D eigenvalue weighted by Crippen LogP contribution is 2.28. The number of amides is 2. The number of nitrogens with zero attached hydrogens (tertiary/aromatic N) is 1. The molecule has 1 N–H and O–H groups in total. The smallest absolute Gasteiger partial charge is 0.243 e. The van der Waals surface area contributed by atoms with Crippen LogP contribution in [0.3, 0.4) is 0 Å². The Kier molecular flexibility index (Phi) is 10.3. The molecule has 0 bridgehead atoms. The summed E-state index contributed by atoms with van der Waals surface area (Å²) >= 11 is 14.3. The maximum absolute atomic E-state index is 13.6. The van der Waals surface area contributed by atoms with E-state index in [1.54, 1.807) is 23.1 Å². The van der Waals surface area contributed by atoms with Crippen LogP contribution < -0.4 is 5.32 Å². The van der Waals surface area contributed by atoms with Crippen molar-refractivity contribution in [1.29, 1.82) is 0 Å². The van der Waals surface area contributed by atoms with E-state index in [1.807, 2.05) is 67.6 Å². The van der Waals surface area contributed by atoms with Gasteiger partial charge in [0.2, 0.25) is 11.8 Å². The Morgan fingerprint density at radius 1 is 0.912 bits per heavy atom. The lowest BCUT2D eigenvalue weighted by atomic mass is 10.0. The van der Waals surface area contributed by atoms with Gasteiger partial charge in [0, 0.05) is 40.0 Å². The van der Waals surface area contributed by atoms with E-state index >= 15 is 0 Å². The van der Waals surface area contributed by atoms with E-state index in [0.29, 0.717) is 28.6 Å².